The lowest BCUT2D eigenvalue weighted by Gasteiger charge is -2.49. The van der Waals surface area contributed by atoms with Gasteiger partial charge in [0.15, 0.2) is 5.65 Å². The van der Waals surface area contributed by atoms with E-state index in [4.69, 9.17) is 0 Å². The van der Waals surface area contributed by atoms with Gasteiger partial charge in [-0.1, -0.05) is 6.92 Å². The maximum absolute atomic E-state index is 9.77. The molecule has 4 heterocycles. The molecule has 2 aromatic heterocycles. The van der Waals surface area contributed by atoms with Crippen molar-refractivity contribution in [2.45, 2.75) is 19.8 Å². The smallest absolute Gasteiger partial charge is 0.180 e. The minimum atomic E-state index is 0.301. The Balaban J connectivity index is 1.70. The molecule has 2 fully saturated rings. The topological polar surface area (TPSA) is 66.2 Å². The van der Waals surface area contributed by atoms with Crippen molar-refractivity contribution in [3.05, 3.63) is 18.6 Å². The van der Waals surface area contributed by atoms with E-state index in [-0.39, 0.29) is 0 Å². The molecular formula is C15H21N5O. The van der Waals surface area contributed by atoms with Gasteiger partial charge in [-0.2, -0.15) is 4.73 Å². The van der Waals surface area contributed by atoms with Crippen molar-refractivity contribution in [1.82, 2.24) is 20.0 Å². The summed E-state index contributed by atoms with van der Waals surface area (Å²) < 4.78 is 1.07. The van der Waals surface area contributed by atoms with Crippen LogP contribution in [0.5, 0.6) is 0 Å². The van der Waals surface area contributed by atoms with Gasteiger partial charge >= 0.3 is 0 Å². The largest absolute Gasteiger partial charge is 0.427 e. The Hall–Kier alpha value is -1.82. The zero-order valence-corrected chi connectivity index (χ0v) is 12.3. The van der Waals surface area contributed by atoms with Crippen LogP contribution >= 0.6 is 0 Å². The standard InChI is InChI=1S/C15H21N5O/c1-15-8-16-5-2-11(15)3-6-19(9-15)13-12-4-7-20(21)14(12)18-10-17-13/h4,7,10-11,16,21H,2-3,5-6,8-9H2,1H3. The van der Waals surface area contributed by atoms with E-state index in [1.807, 2.05) is 6.07 Å². The molecule has 2 aromatic rings. The summed E-state index contributed by atoms with van der Waals surface area (Å²) in [6, 6.07) is 1.89. The average Bonchev–Trinajstić information content (AvgIpc) is 2.88. The third-order valence-electron chi connectivity index (χ3n) is 5.22. The highest BCUT2D eigenvalue weighted by Gasteiger charge is 2.41. The van der Waals surface area contributed by atoms with Gasteiger partial charge in [0.25, 0.3) is 0 Å². The highest BCUT2D eigenvalue weighted by atomic mass is 16.5. The summed E-state index contributed by atoms with van der Waals surface area (Å²) in [5, 5.41) is 14.2. The second-order valence-corrected chi connectivity index (χ2v) is 6.62. The van der Waals surface area contributed by atoms with Gasteiger partial charge in [0.2, 0.25) is 0 Å². The molecule has 2 aliphatic rings. The second-order valence-electron chi connectivity index (χ2n) is 6.62. The third kappa shape index (κ3) is 1.97. The number of nitrogens with zero attached hydrogens (tertiary/aromatic N) is 4. The Morgan fingerprint density at radius 2 is 2.29 bits per heavy atom. The molecule has 2 aliphatic heterocycles. The van der Waals surface area contributed by atoms with Crippen molar-refractivity contribution in [3.8, 4) is 0 Å². The summed E-state index contributed by atoms with van der Waals surface area (Å²) >= 11 is 0. The van der Waals surface area contributed by atoms with Crippen molar-refractivity contribution in [2.75, 3.05) is 31.1 Å². The predicted molar refractivity (Wildman–Crippen MR) is 80.6 cm³/mol. The van der Waals surface area contributed by atoms with Crippen molar-refractivity contribution >= 4 is 16.9 Å². The minimum absolute atomic E-state index is 0.301. The van der Waals surface area contributed by atoms with Crippen molar-refractivity contribution in [2.24, 2.45) is 11.3 Å². The van der Waals surface area contributed by atoms with Gasteiger partial charge in [0.05, 0.1) is 5.39 Å². The van der Waals surface area contributed by atoms with E-state index in [0.29, 0.717) is 11.1 Å². The SMILES string of the molecule is CC12CNCCC1CCN(c1ncnc3c1ccn3O)C2. The normalized spacial score (nSPS) is 29.6. The molecule has 2 N–H and O–H groups in total. The molecule has 6 heteroatoms. The molecule has 6 nitrogen and oxygen atoms in total. The number of hydrogen-bond acceptors (Lipinski definition) is 5. The van der Waals surface area contributed by atoms with Crippen LogP contribution in [0.15, 0.2) is 18.6 Å². The molecule has 0 amide bonds. The number of piperidine rings is 2. The first-order chi connectivity index (χ1) is 10.2. The summed E-state index contributed by atoms with van der Waals surface area (Å²) in [4.78, 5) is 11.0. The molecule has 0 bridgehead atoms. The van der Waals surface area contributed by atoms with Gasteiger partial charge in [-0.15, -0.1) is 0 Å². The first-order valence-electron chi connectivity index (χ1n) is 7.64. The number of fused-ring (bicyclic) bond motifs is 2. The van der Waals surface area contributed by atoms with Gasteiger partial charge in [-0.3, -0.25) is 0 Å². The summed E-state index contributed by atoms with van der Waals surface area (Å²) in [6.07, 6.45) is 5.65. The number of hydrogen-bond donors (Lipinski definition) is 2. The van der Waals surface area contributed by atoms with Crippen LogP contribution in [0.3, 0.4) is 0 Å². The van der Waals surface area contributed by atoms with Gasteiger partial charge in [0.1, 0.15) is 12.1 Å². The minimum Gasteiger partial charge on any atom is -0.427 e. The average molecular weight is 287 g/mol. The molecule has 0 spiro atoms. The molecule has 112 valence electrons. The van der Waals surface area contributed by atoms with Crippen molar-refractivity contribution in [1.29, 1.82) is 0 Å². The summed E-state index contributed by atoms with van der Waals surface area (Å²) in [6.45, 7) is 6.64. The summed E-state index contributed by atoms with van der Waals surface area (Å²) in [5.41, 5.74) is 0.879. The fraction of sp³-hybridized carbons (Fsp3) is 0.600. The van der Waals surface area contributed by atoms with Crippen LogP contribution in [-0.2, 0) is 0 Å². The van der Waals surface area contributed by atoms with E-state index in [0.717, 1.165) is 48.0 Å². The van der Waals surface area contributed by atoms with Crippen molar-refractivity contribution in [3.63, 3.8) is 0 Å². The first-order valence-corrected chi connectivity index (χ1v) is 7.64. The second kappa shape index (κ2) is 4.59. The molecule has 21 heavy (non-hydrogen) atoms. The number of nitrogens with one attached hydrogen (secondary N) is 1. The molecule has 0 aromatic carbocycles. The molecule has 0 aliphatic carbocycles. The lowest BCUT2D eigenvalue weighted by atomic mass is 9.69. The first kappa shape index (κ1) is 12.9. The number of anilines is 1. The zero-order chi connectivity index (χ0) is 14.4. The summed E-state index contributed by atoms with van der Waals surface area (Å²) in [7, 11) is 0. The summed E-state index contributed by atoms with van der Waals surface area (Å²) in [5.74, 6) is 1.74. The molecule has 0 saturated carbocycles. The number of aromatic nitrogens is 3. The maximum atomic E-state index is 9.77. The van der Waals surface area contributed by atoms with E-state index in [1.165, 1.54) is 19.2 Å². The zero-order valence-electron chi connectivity index (χ0n) is 12.3. The highest BCUT2D eigenvalue weighted by molar-refractivity contribution is 5.87. The molecule has 2 atom stereocenters. The van der Waals surface area contributed by atoms with E-state index >= 15 is 0 Å². The van der Waals surface area contributed by atoms with Crippen LogP contribution in [0, 0.1) is 11.3 Å². The van der Waals surface area contributed by atoms with E-state index < -0.39 is 0 Å². The molecule has 4 rings (SSSR count). The van der Waals surface area contributed by atoms with Crippen LogP contribution in [0.2, 0.25) is 0 Å². The monoisotopic (exact) mass is 287 g/mol. The van der Waals surface area contributed by atoms with Crippen LogP contribution in [-0.4, -0.2) is 46.1 Å². The Labute approximate surface area is 123 Å². The Morgan fingerprint density at radius 1 is 1.38 bits per heavy atom. The van der Waals surface area contributed by atoms with Crippen LogP contribution in [0.25, 0.3) is 11.0 Å². The Bertz CT molecular complexity index is 669. The third-order valence-corrected chi connectivity index (χ3v) is 5.22. The fourth-order valence-electron chi connectivity index (χ4n) is 4.01. The maximum Gasteiger partial charge on any atom is 0.180 e. The fourth-order valence-corrected chi connectivity index (χ4v) is 4.01. The van der Waals surface area contributed by atoms with Gasteiger partial charge in [-0.25, -0.2) is 9.97 Å². The van der Waals surface area contributed by atoms with E-state index in [2.05, 4.69) is 27.1 Å². The highest BCUT2D eigenvalue weighted by Crippen LogP contribution is 2.40. The Morgan fingerprint density at radius 3 is 3.19 bits per heavy atom. The van der Waals surface area contributed by atoms with E-state index in [9.17, 15) is 5.21 Å². The van der Waals surface area contributed by atoms with Crippen LogP contribution < -0.4 is 10.2 Å². The molecule has 0 radical (unpaired) electrons. The lowest BCUT2D eigenvalue weighted by Crippen LogP contribution is -2.55. The lowest BCUT2D eigenvalue weighted by molar-refractivity contribution is 0.109. The molecule has 2 unspecified atom stereocenters. The Kier molecular flexibility index (Phi) is 2.82. The van der Waals surface area contributed by atoms with Crippen LogP contribution in [0.1, 0.15) is 19.8 Å². The molecular weight excluding hydrogens is 266 g/mol. The predicted octanol–water partition coefficient (Wildman–Crippen LogP) is 1.49. The van der Waals surface area contributed by atoms with Gasteiger partial charge < -0.3 is 15.4 Å². The van der Waals surface area contributed by atoms with E-state index in [1.54, 1.807) is 6.20 Å². The van der Waals surface area contributed by atoms with Crippen molar-refractivity contribution < 1.29 is 5.21 Å². The van der Waals surface area contributed by atoms with Gasteiger partial charge in [-0.05, 0) is 31.4 Å². The van der Waals surface area contributed by atoms with Gasteiger partial charge in [0, 0.05) is 31.2 Å². The molecule has 2 saturated heterocycles. The number of rotatable bonds is 1. The van der Waals surface area contributed by atoms with Crippen LogP contribution in [0.4, 0.5) is 5.82 Å². The quantitative estimate of drug-likeness (QED) is 0.778.